The van der Waals surface area contributed by atoms with Gasteiger partial charge in [-0.25, -0.2) is 4.98 Å². The van der Waals surface area contributed by atoms with Crippen LogP contribution < -0.4 is 0 Å². The third kappa shape index (κ3) is 1.98. The average Bonchev–Trinajstić information content (AvgIpc) is 2.94. The summed E-state index contributed by atoms with van der Waals surface area (Å²) in [5, 5.41) is 13.1. The highest BCUT2D eigenvalue weighted by atomic mass is 16.5. The maximum absolute atomic E-state index is 9.30. The fraction of sp³-hybridized carbons (Fsp3) is 0.250. The third-order valence-electron chi connectivity index (χ3n) is 2.61. The second-order valence-corrected chi connectivity index (χ2v) is 4.10. The van der Waals surface area contributed by atoms with Gasteiger partial charge in [-0.2, -0.15) is 4.98 Å². The largest absolute Gasteiger partial charge is 0.384 e. The summed E-state index contributed by atoms with van der Waals surface area (Å²) < 4.78 is 4.92. The minimum atomic E-state index is -0.748. The van der Waals surface area contributed by atoms with Crippen LogP contribution in [0.15, 0.2) is 28.8 Å². The van der Waals surface area contributed by atoms with E-state index in [-0.39, 0.29) is 5.89 Å². The van der Waals surface area contributed by atoms with Crippen molar-refractivity contribution >= 4 is 11.0 Å². The van der Waals surface area contributed by atoms with Gasteiger partial charge in [-0.1, -0.05) is 17.3 Å². The van der Waals surface area contributed by atoms with Gasteiger partial charge in [0.05, 0.1) is 17.5 Å². The van der Waals surface area contributed by atoms with E-state index in [1.807, 2.05) is 24.3 Å². The van der Waals surface area contributed by atoms with Crippen molar-refractivity contribution in [3.8, 4) is 0 Å². The maximum Gasteiger partial charge on any atom is 0.255 e. The number of imidazole rings is 1. The summed E-state index contributed by atoms with van der Waals surface area (Å²) in [5.41, 5.74) is 1.89. The topological polar surface area (TPSA) is 87.8 Å². The molecule has 0 radical (unpaired) electrons. The number of hydrogen-bond donors (Lipinski definition) is 2. The molecule has 3 aromatic rings. The number of fused-ring (bicyclic) bond motifs is 1. The zero-order valence-corrected chi connectivity index (χ0v) is 9.79. The van der Waals surface area contributed by atoms with Crippen LogP contribution in [0, 0.1) is 0 Å². The Balaban J connectivity index is 1.86. The number of aliphatic hydroxyl groups is 1. The zero-order valence-electron chi connectivity index (χ0n) is 9.79. The lowest BCUT2D eigenvalue weighted by molar-refractivity contribution is 0.151. The number of aromatic amines is 1. The van der Waals surface area contributed by atoms with Crippen molar-refractivity contribution in [3.63, 3.8) is 0 Å². The van der Waals surface area contributed by atoms with Gasteiger partial charge in [0.25, 0.3) is 5.89 Å². The second-order valence-electron chi connectivity index (χ2n) is 4.10. The Bertz CT molecular complexity index is 638. The Labute approximate surface area is 103 Å². The number of aromatic nitrogens is 4. The lowest BCUT2D eigenvalue weighted by Gasteiger charge is -1.92. The first-order chi connectivity index (χ1) is 8.72. The Morgan fingerprint density at radius 3 is 2.89 bits per heavy atom. The number of nitrogens with one attached hydrogen (secondary N) is 1. The first-order valence-corrected chi connectivity index (χ1v) is 5.66. The second kappa shape index (κ2) is 4.23. The van der Waals surface area contributed by atoms with Gasteiger partial charge < -0.3 is 14.6 Å². The number of aliphatic hydroxyl groups excluding tert-OH is 1. The van der Waals surface area contributed by atoms with Gasteiger partial charge in [-0.15, -0.1) is 0 Å². The van der Waals surface area contributed by atoms with E-state index in [9.17, 15) is 5.11 Å². The van der Waals surface area contributed by atoms with Gasteiger partial charge in [0.2, 0.25) is 0 Å². The van der Waals surface area contributed by atoms with Crippen LogP contribution in [0.5, 0.6) is 0 Å². The number of rotatable bonds is 3. The SMILES string of the molecule is C[C@H](O)c1nc(Cc2nc3ccccc3[nH]2)no1. The van der Waals surface area contributed by atoms with E-state index in [1.165, 1.54) is 0 Å². The fourth-order valence-corrected chi connectivity index (χ4v) is 1.75. The molecule has 2 heterocycles. The first kappa shape index (κ1) is 10.9. The van der Waals surface area contributed by atoms with Gasteiger partial charge in [0, 0.05) is 0 Å². The molecule has 0 saturated heterocycles. The summed E-state index contributed by atoms with van der Waals surface area (Å²) in [6.45, 7) is 1.58. The van der Waals surface area contributed by atoms with Gasteiger partial charge >= 0.3 is 0 Å². The number of hydrogen-bond acceptors (Lipinski definition) is 5. The minimum Gasteiger partial charge on any atom is -0.384 e. The molecule has 0 bridgehead atoms. The quantitative estimate of drug-likeness (QED) is 0.730. The van der Waals surface area contributed by atoms with Crippen LogP contribution >= 0.6 is 0 Å². The molecule has 0 saturated carbocycles. The van der Waals surface area contributed by atoms with E-state index < -0.39 is 6.10 Å². The number of H-pyrrole nitrogens is 1. The van der Waals surface area contributed by atoms with Crippen LogP contribution in [0.3, 0.4) is 0 Å². The van der Waals surface area contributed by atoms with E-state index in [2.05, 4.69) is 20.1 Å². The van der Waals surface area contributed by atoms with Crippen molar-refractivity contribution < 1.29 is 9.63 Å². The summed E-state index contributed by atoms with van der Waals surface area (Å²) in [6.07, 6.45) is -0.299. The summed E-state index contributed by atoms with van der Waals surface area (Å²) in [4.78, 5) is 11.7. The molecule has 1 atom stereocenters. The monoisotopic (exact) mass is 244 g/mol. The molecule has 6 heteroatoms. The lowest BCUT2D eigenvalue weighted by Crippen LogP contribution is -1.95. The number of nitrogens with zero attached hydrogens (tertiary/aromatic N) is 3. The van der Waals surface area contributed by atoms with E-state index in [0.29, 0.717) is 12.2 Å². The van der Waals surface area contributed by atoms with Crippen LogP contribution in [0.4, 0.5) is 0 Å². The predicted octanol–water partition coefficient (Wildman–Crippen LogP) is 1.59. The standard InChI is InChI=1S/C12H12N4O2/c1-7(17)12-15-11(16-18-12)6-10-13-8-4-2-3-5-9(8)14-10/h2-5,7,17H,6H2,1H3,(H,13,14)/t7-/m0/s1. The molecule has 2 N–H and O–H groups in total. The summed E-state index contributed by atoms with van der Waals surface area (Å²) >= 11 is 0. The summed E-state index contributed by atoms with van der Waals surface area (Å²) in [7, 11) is 0. The van der Waals surface area contributed by atoms with E-state index in [4.69, 9.17) is 4.52 Å². The molecule has 2 aromatic heterocycles. The van der Waals surface area contributed by atoms with Crippen LogP contribution in [0.25, 0.3) is 11.0 Å². The molecule has 6 nitrogen and oxygen atoms in total. The average molecular weight is 244 g/mol. The molecule has 0 aliphatic carbocycles. The smallest absolute Gasteiger partial charge is 0.255 e. The highest BCUT2D eigenvalue weighted by Crippen LogP contribution is 2.14. The minimum absolute atomic E-state index is 0.223. The van der Waals surface area contributed by atoms with Crippen molar-refractivity contribution in [3.05, 3.63) is 41.8 Å². The van der Waals surface area contributed by atoms with Gasteiger partial charge in [0.15, 0.2) is 5.82 Å². The van der Waals surface area contributed by atoms with E-state index in [0.717, 1.165) is 16.9 Å². The summed E-state index contributed by atoms with van der Waals surface area (Å²) in [6, 6.07) is 7.78. The molecule has 0 spiro atoms. The lowest BCUT2D eigenvalue weighted by atomic mass is 10.3. The normalized spacial score (nSPS) is 13.0. The van der Waals surface area contributed by atoms with Crippen molar-refractivity contribution in [1.82, 2.24) is 20.1 Å². The molecule has 0 aliphatic rings. The first-order valence-electron chi connectivity index (χ1n) is 5.66. The van der Waals surface area contributed by atoms with Crippen molar-refractivity contribution in [2.75, 3.05) is 0 Å². The van der Waals surface area contributed by atoms with E-state index in [1.54, 1.807) is 6.92 Å². The van der Waals surface area contributed by atoms with Gasteiger partial charge in [-0.3, -0.25) is 0 Å². The molecule has 0 fully saturated rings. The van der Waals surface area contributed by atoms with Crippen LogP contribution in [0.1, 0.15) is 30.6 Å². The predicted molar refractivity (Wildman–Crippen MR) is 63.8 cm³/mol. The zero-order chi connectivity index (χ0) is 12.5. The highest BCUT2D eigenvalue weighted by molar-refractivity contribution is 5.74. The number of benzene rings is 1. The fourth-order valence-electron chi connectivity index (χ4n) is 1.75. The van der Waals surface area contributed by atoms with Crippen LogP contribution in [-0.2, 0) is 6.42 Å². The molecular weight excluding hydrogens is 232 g/mol. The van der Waals surface area contributed by atoms with Crippen LogP contribution in [-0.4, -0.2) is 25.2 Å². The molecule has 92 valence electrons. The maximum atomic E-state index is 9.30. The molecule has 3 rings (SSSR count). The Kier molecular flexibility index (Phi) is 2.56. The van der Waals surface area contributed by atoms with E-state index >= 15 is 0 Å². The van der Waals surface area contributed by atoms with Crippen LogP contribution in [0.2, 0.25) is 0 Å². The molecule has 1 aromatic carbocycles. The van der Waals surface area contributed by atoms with Gasteiger partial charge in [0.1, 0.15) is 11.9 Å². The Morgan fingerprint density at radius 2 is 2.17 bits per heavy atom. The molecule has 0 unspecified atom stereocenters. The highest BCUT2D eigenvalue weighted by Gasteiger charge is 2.12. The third-order valence-corrected chi connectivity index (χ3v) is 2.61. The van der Waals surface area contributed by atoms with Crippen molar-refractivity contribution in [1.29, 1.82) is 0 Å². The Morgan fingerprint density at radius 1 is 1.33 bits per heavy atom. The van der Waals surface area contributed by atoms with Crippen molar-refractivity contribution in [2.24, 2.45) is 0 Å². The molecule has 0 aliphatic heterocycles. The number of para-hydroxylation sites is 2. The van der Waals surface area contributed by atoms with Gasteiger partial charge in [-0.05, 0) is 19.1 Å². The molecule has 0 amide bonds. The molecular formula is C12H12N4O2. The Hall–Kier alpha value is -2.21. The van der Waals surface area contributed by atoms with Crippen molar-refractivity contribution in [2.45, 2.75) is 19.4 Å². The summed E-state index contributed by atoms with van der Waals surface area (Å²) in [5.74, 6) is 1.50. The molecule has 18 heavy (non-hydrogen) atoms.